The molecule has 0 radical (unpaired) electrons. The molecular weight excluding hydrogens is 370 g/mol. The van der Waals surface area contributed by atoms with Gasteiger partial charge in [0.25, 0.3) is 0 Å². The first-order valence-corrected chi connectivity index (χ1v) is 10.0. The monoisotopic (exact) mass is 393 g/mol. The highest BCUT2D eigenvalue weighted by molar-refractivity contribution is 6.15. The number of ether oxygens (including phenoxy) is 3. The summed E-state index contributed by atoms with van der Waals surface area (Å²) in [4.78, 5) is 15.2. The van der Waals surface area contributed by atoms with E-state index in [0.29, 0.717) is 41.0 Å². The molecule has 3 aliphatic heterocycles. The van der Waals surface area contributed by atoms with Gasteiger partial charge < -0.3 is 19.3 Å². The Morgan fingerprint density at radius 1 is 1.17 bits per heavy atom. The summed E-state index contributed by atoms with van der Waals surface area (Å²) in [5, 5.41) is 10.5. The molecule has 0 amide bonds. The van der Waals surface area contributed by atoms with E-state index >= 15 is 0 Å². The number of likely N-dealkylation sites (tertiary alicyclic amines) is 1. The molecule has 3 aliphatic rings. The number of hydrogen-bond acceptors (Lipinski definition) is 6. The van der Waals surface area contributed by atoms with Gasteiger partial charge >= 0.3 is 0 Å². The van der Waals surface area contributed by atoms with E-state index in [0.717, 1.165) is 24.9 Å². The Morgan fingerprint density at radius 3 is 2.90 bits per heavy atom. The van der Waals surface area contributed by atoms with Crippen molar-refractivity contribution in [2.45, 2.75) is 38.8 Å². The number of fused-ring (bicyclic) bond motifs is 2. The minimum absolute atomic E-state index is 0.165. The van der Waals surface area contributed by atoms with E-state index in [1.807, 2.05) is 18.2 Å². The van der Waals surface area contributed by atoms with Crippen molar-refractivity contribution in [3.8, 4) is 23.0 Å². The zero-order valence-electron chi connectivity index (χ0n) is 16.3. The topological polar surface area (TPSA) is 68.2 Å². The molecule has 0 aliphatic carbocycles. The minimum atomic E-state index is -0.175. The lowest BCUT2D eigenvalue weighted by Crippen LogP contribution is -2.36. The molecule has 1 atom stereocenters. The molecule has 0 saturated carbocycles. The van der Waals surface area contributed by atoms with Crippen LogP contribution in [0.2, 0.25) is 0 Å². The molecule has 6 nitrogen and oxygen atoms in total. The van der Waals surface area contributed by atoms with Crippen molar-refractivity contribution in [3.05, 3.63) is 52.8 Å². The average molecular weight is 393 g/mol. The fourth-order valence-corrected chi connectivity index (χ4v) is 4.20. The van der Waals surface area contributed by atoms with Crippen LogP contribution in [0.4, 0.5) is 0 Å². The Bertz CT molecular complexity index is 1010. The normalized spacial score (nSPS) is 22.0. The third-order valence-corrected chi connectivity index (χ3v) is 5.91. The van der Waals surface area contributed by atoms with Gasteiger partial charge in [-0.2, -0.15) is 0 Å². The van der Waals surface area contributed by atoms with Gasteiger partial charge in [-0.1, -0.05) is 12.5 Å². The molecule has 1 saturated heterocycles. The molecule has 29 heavy (non-hydrogen) atoms. The Balaban J connectivity index is 1.45. The maximum atomic E-state index is 12.9. The van der Waals surface area contributed by atoms with Gasteiger partial charge in [-0.3, -0.25) is 9.69 Å². The number of nitrogens with zero attached hydrogens (tertiary/aromatic N) is 1. The molecule has 0 bridgehead atoms. The van der Waals surface area contributed by atoms with Gasteiger partial charge in [-0.05, 0) is 62.2 Å². The molecule has 6 heteroatoms. The summed E-state index contributed by atoms with van der Waals surface area (Å²) in [7, 11) is 0. The van der Waals surface area contributed by atoms with E-state index in [1.165, 1.54) is 6.42 Å². The summed E-state index contributed by atoms with van der Waals surface area (Å²) in [6, 6.07) is 9.16. The van der Waals surface area contributed by atoms with Crippen molar-refractivity contribution in [1.82, 2.24) is 4.90 Å². The summed E-state index contributed by atoms with van der Waals surface area (Å²) in [5.41, 5.74) is 1.97. The van der Waals surface area contributed by atoms with Crippen molar-refractivity contribution in [1.29, 1.82) is 0 Å². The van der Waals surface area contributed by atoms with E-state index < -0.39 is 0 Å². The van der Waals surface area contributed by atoms with Gasteiger partial charge in [0.2, 0.25) is 12.6 Å². The predicted octanol–water partition coefficient (Wildman–Crippen LogP) is 4.11. The van der Waals surface area contributed by atoms with Crippen LogP contribution in [0.3, 0.4) is 0 Å². The number of allylic oxidation sites excluding steroid dienone is 1. The second-order valence-electron chi connectivity index (χ2n) is 7.81. The van der Waals surface area contributed by atoms with Crippen LogP contribution >= 0.6 is 0 Å². The molecule has 2 aromatic rings. The first-order valence-electron chi connectivity index (χ1n) is 10.0. The molecular formula is C23H23NO5. The smallest absolute Gasteiger partial charge is 0.231 e. The van der Waals surface area contributed by atoms with Crippen LogP contribution in [-0.4, -0.2) is 35.2 Å². The first-order chi connectivity index (χ1) is 14.1. The van der Waals surface area contributed by atoms with Crippen LogP contribution in [0.1, 0.15) is 47.7 Å². The van der Waals surface area contributed by atoms with E-state index in [1.54, 1.807) is 18.2 Å². The predicted molar refractivity (Wildman–Crippen MR) is 107 cm³/mol. The van der Waals surface area contributed by atoms with Gasteiger partial charge in [0.15, 0.2) is 17.3 Å². The third kappa shape index (κ3) is 3.23. The van der Waals surface area contributed by atoms with Crippen LogP contribution in [0.25, 0.3) is 6.08 Å². The second kappa shape index (κ2) is 7.12. The highest BCUT2D eigenvalue weighted by atomic mass is 16.7. The summed E-state index contributed by atoms with van der Waals surface area (Å²) in [5.74, 6) is 2.05. The number of carbonyl (C=O) groups is 1. The third-order valence-electron chi connectivity index (χ3n) is 5.91. The fraction of sp³-hybridized carbons (Fsp3) is 0.348. The SMILES string of the molecule is C[C@H]1CCCCN1Cc1c(O)ccc2c1OC(=Cc1ccc3c(c1)OCO3)C2=O. The molecule has 5 rings (SSSR count). The lowest BCUT2D eigenvalue weighted by atomic mass is 10.0. The van der Waals surface area contributed by atoms with Crippen molar-refractivity contribution in [3.63, 3.8) is 0 Å². The molecule has 0 spiro atoms. The van der Waals surface area contributed by atoms with E-state index in [-0.39, 0.29) is 24.1 Å². The lowest BCUT2D eigenvalue weighted by Gasteiger charge is -2.33. The Labute approximate surface area is 169 Å². The zero-order valence-corrected chi connectivity index (χ0v) is 16.3. The number of aromatic hydroxyl groups is 1. The molecule has 3 heterocycles. The van der Waals surface area contributed by atoms with Gasteiger partial charge in [-0.15, -0.1) is 0 Å². The summed E-state index contributed by atoms with van der Waals surface area (Å²) >= 11 is 0. The van der Waals surface area contributed by atoms with Crippen molar-refractivity contribution >= 4 is 11.9 Å². The maximum absolute atomic E-state index is 12.9. The molecule has 0 aromatic heterocycles. The number of carbonyl (C=O) groups excluding carboxylic acids is 1. The minimum Gasteiger partial charge on any atom is -0.507 e. The largest absolute Gasteiger partial charge is 0.507 e. The van der Waals surface area contributed by atoms with Crippen molar-refractivity contribution in [2.24, 2.45) is 0 Å². The van der Waals surface area contributed by atoms with Crippen LogP contribution in [-0.2, 0) is 6.54 Å². The van der Waals surface area contributed by atoms with Crippen LogP contribution in [0.5, 0.6) is 23.0 Å². The van der Waals surface area contributed by atoms with Crippen LogP contribution < -0.4 is 14.2 Å². The van der Waals surface area contributed by atoms with Crippen molar-refractivity contribution < 1.29 is 24.1 Å². The molecule has 1 N–H and O–H groups in total. The number of piperidine rings is 1. The summed E-state index contributed by atoms with van der Waals surface area (Å²) < 4.78 is 16.7. The number of Topliss-reactive ketones (excluding diaryl/α,β-unsaturated/α-hetero) is 1. The van der Waals surface area contributed by atoms with Gasteiger partial charge in [0, 0.05) is 12.6 Å². The Hall–Kier alpha value is -2.99. The lowest BCUT2D eigenvalue weighted by molar-refractivity contribution is 0.101. The van der Waals surface area contributed by atoms with Gasteiger partial charge in [0.05, 0.1) is 11.1 Å². The standard InChI is InChI=1S/C23H23NO5/c1-14-4-2-3-9-24(14)12-17-18(25)7-6-16-22(26)21(29-23(16)17)11-15-5-8-19-20(10-15)28-13-27-19/h5-8,10-11,14,25H,2-4,9,12-13H2,1H3/t14-/m0/s1. The first kappa shape index (κ1) is 18.1. The van der Waals surface area contributed by atoms with E-state index in [4.69, 9.17) is 14.2 Å². The van der Waals surface area contributed by atoms with E-state index in [9.17, 15) is 9.90 Å². The number of ketones is 1. The number of phenols is 1. The number of benzene rings is 2. The number of phenolic OH excluding ortho intramolecular Hbond substituents is 1. The molecule has 0 unspecified atom stereocenters. The molecule has 2 aromatic carbocycles. The number of rotatable bonds is 3. The Morgan fingerprint density at radius 2 is 2.03 bits per heavy atom. The highest BCUT2D eigenvalue weighted by Gasteiger charge is 2.32. The second-order valence-corrected chi connectivity index (χ2v) is 7.81. The maximum Gasteiger partial charge on any atom is 0.231 e. The molecule has 1 fully saturated rings. The Kier molecular flexibility index (Phi) is 4.43. The quantitative estimate of drug-likeness (QED) is 0.792. The summed E-state index contributed by atoms with van der Waals surface area (Å²) in [6.07, 6.45) is 5.22. The van der Waals surface area contributed by atoms with Gasteiger partial charge in [-0.25, -0.2) is 0 Å². The van der Waals surface area contributed by atoms with Crippen LogP contribution in [0.15, 0.2) is 36.1 Å². The molecule has 150 valence electrons. The number of hydrogen-bond donors (Lipinski definition) is 1. The van der Waals surface area contributed by atoms with Gasteiger partial charge in [0.1, 0.15) is 11.5 Å². The summed E-state index contributed by atoms with van der Waals surface area (Å²) in [6.45, 7) is 3.96. The van der Waals surface area contributed by atoms with E-state index in [2.05, 4.69) is 11.8 Å². The fourth-order valence-electron chi connectivity index (χ4n) is 4.20. The highest BCUT2D eigenvalue weighted by Crippen LogP contribution is 2.41. The average Bonchev–Trinajstić information content (AvgIpc) is 3.30. The zero-order chi connectivity index (χ0) is 20.0. The van der Waals surface area contributed by atoms with Crippen LogP contribution in [0, 0.1) is 0 Å². The van der Waals surface area contributed by atoms with Crippen molar-refractivity contribution in [2.75, 3.05) is 13.3 Å².